The smallest absolute Gasteiger partial charge is 0.0826 e. The van der Waals surface area contributed by atoms with E-state index in [2.05, 4.69) is 17.3 Å². The maximum absolute atomic E-state index is 5.61. The number of rotatable bonds is 4. The SMILES string of the molecule is CC(=CCl)CNCC1CN(C)CCO1. The second-order valence-corrected chi connectivity index (χ2v) is 4.06. The number of ether oxygens (including phenoxy) is 1. The summed E-state index contributed by atoms with van der Waals surface area (Å²) in [5, 5.41) is 3.32. The fourth-order valence-corrected chi connectivity index (χ4v) is 1.54. The highest BCUT2D eigenvalue weighted by Gasteiger charge is 2.16. The van der Waals surface area contributed by atoms with Crippen molar-refractivity contribution in [2.75, 3.05) is 39.8 Å². The second-order valence-electron chi connectivity index (χ2n) is 3.84. The van der Waals surface area contributed by atoms with Crippen molar-refractivity contribution in [3.8, 4) is 0 Å². The van der Waals surface area contributed by atoms with Gasteiger partial charge in [-0.2, -0.15) is 0 Å². The summed E-state index contributed by atoms with van der Waals surface area (Å²) in [6, 6.07) is 0. The average molecular weight is 219 g/mol. The van der Waals surface area contributed by atoms with Crippen LogP contribution in [0, 0.1) is 0 Å². The van der Waals surface area contributed by atoms with Crippen LogP contribution in [0.1, 0.15) is 6.92 Å². The van der Waals surface area contributed by atoms with Gasteiger partial charge in [0.2, 0.25) is 0 Å². The topological polar surface area (TPSA) is 24.5 Å². The molecule has 82 valence electrons. The Balaban J connectivity index is 2.11. The highest BCUT2D eigenvalue weighted by molar-refractivity contribution is 6.25. The second kappa shape index (κ2) is 6.40. The van der Waals surface area contributed by atoms with Crippen LogP contribution in [0.2, 0.25) is 0 Å². The summed E-state index contributed by atoms with van der Waals surface area (Å²) in [5.41, 5.74) is 2.76. The summed E-state index contributed by atoms with van der Waals surface area (Å²) in [7, 11) is 2.12. The van der Waals surface area contributed by atoms with Gasteiger partial charge in [0.25, 0.3) is 0 Å². The molecule has 0 saturated carbocycles. The zero-order valence-corrected chi connectivity index (χ0v) is 9.68. The lowest BCUT2D eigenvalue weighted by molar-refractivity contribution is -0.0177. The molecule has 3 nitrogen and oxygen atoms in total. The average Bonchev–Trinajstić information content (AvgIpc) is 2.17. The number of hydrogen-bond acceptors (Lipinski definition) is 3. The summed E-state index contributed by atoms with van der Waals surface area (Å²) in [4.78, 5) is 2.29. The van der Waals surface area contributed by atoms with Crippen molar-refractivity contribution < 1.29 is 4.74 Å². The molecule has 1 unspecified atom stereocenters. The molecule has 1 rings (SSSR count). The van der Waals surface area contributed by atoms with E-state index in [1.54, 1.807) is 5.54 Å². The molecule has 0 aromatic carbocycles. The van der Waals surface area contributed by atoms with E-state index in [1.807, 2.05) is 6.92 Å². The molecule has 1 saturated heterocycles. The first-order valence-electron chi connectivity index (χ1n) is 4.99. The van der Waals surface area contributed by atoms with Crippen LogP contribution in [0.15, 0.2) is 11.1 Å². The van der Waals surface area contributed by atoms with Crippen LogP contribution in [-0.2, 0) is 4.74 Å². The van der Waals surface area contributed by atoms with Crippen LogP contribution in [-0.4, -0.2) is 50.8 Å². The standard InChI is InChI=1S/C10H19ClN2O/c1-9(5-11)6-12-7-10-8-13(2)3-4-14-10/h5,10,12H,3-4,6-8H2,1-2H3. The van der Waals surface area contributed by atoms with Crippen LogP contribution >= 0.6 is 11.6 Å². The Labute approximate surface area is 91.1 Å². The van der Waals surface area contributed by atoms with E-state index in [0.717, 1.165) is 38.4 Å². The molecule has 0 amide bonds. The summed E-state index contributed by atoms with van der Waals surface area (Å²) in [6.45, 7) is 6.63. The number of morpholine rings is 1. The largest absolute Gasteiger partial charge is 0.374 e. The van der Waals surface area contributed by atoms with Gasteiger partial charge in [0.1, 0.15) is 0 Å². The lowest BCUT2D eigenvalue weighted by Crippen LogP contribution is -2.45. The van der Waals surface area contributed by atoms with E-state index in [0.29, 0.717) is 6.10 Å². The lowest BCUT2D eigenvalue weighted by Gasteiger charge is -2.30. The number of halogens is 1. The van der Waals surface area contributed by atoms with Crippen LogP contribution in [0.25, 0.3) is 0 Å². The van der Waals surface area contributed by atoms with Gasteiger partial charge in [-0.25, -0.2) is 0 Å². The first-order chi connectivity index (χ1) is 6.72. The van der Waals surface area contributed by atoms with Crippen LogP contribution < -0.4 is 5.32 Å². The summed E-state index contributed by atoms with van der Waals surface area (Å²) in [5.74, 6) is 0. The van der Waals surface area contributed by atoms with E-state index in [9.17, 15) is 0 Å². The third kappa shape index (κ3) is 4.42. The molecule has 4 heteroatoms. The summed E-state index contributed by atoms with van der Waals surface area (Å²) < 4.78 is 5.61. The van der Waals surface area contributed by atoms with Gasteiger partial charge in [0.15, 0.2) is 0 Å². The third-order valence-corrected chi connectivity index (χ3v) is 2.68. The molecule has 1 aliphatic heterocycles. The predicted molar refractivity (Wildman–Crippen MR) is 59.7 cm³/mol. The van der Waals surface area contributed by atoms with Crippen molar-refractivity contribution in [1.29, 1.82) is 0 Å². The van der Waals surface area contributed by atoms with Gasteiger partial charge < -0.3 is 15.0 Å². The van der Waals surface area contributed by atoms with Crippen LogP contribution in [0.4, 0.5) is 0 Å². The van der Waals surface area contributed by atoms with Gasteiger partial charge in [-0.1, -0.05) is 11.6 Å². The molecule has 0 bridgehead atoms. The Kier molecular flexibility index (Phi) is 5.48. The number of likely N-dealkylation sites (N-methyl/N-ethyl adjacent to an activating group) is 1. The zero-order valence-electron chi connectivity index (χ0n) is 8.92. The number of nitrogens with zero attached hydrogens (tertiary/aromatic N) is 1. The van der Waals surface area contributed by atoms with E-state index in [4.69, 9.17) is 16.3 Å². The number of hydrogen-bond donors (Lipinski definition) is 1. The lowest BCUT2D eigenvalue weighted by atomic mass is 10.2. The zero-order chi connectivity index (χ0) is 10.4. The van der Waals surface area contributed by atoms with Gasteiger partial charge in [-0.3, -0.25) is 0 Å². The highest BCUT2D eigenvalue weighted by atomic mass is 35.5. The van der Waals surface area contributed by atoms with Crippen LogP contribution in [0.5, 0.6) is 0 Å². The van der Waals surface area contributed by atoms with Gasteiger partial charge in [0, 0.05) is 31.7 Å². The minimum atomic E-state index is 0.317. The molecule has 1 N–H and O–H groups in total. The van der Waals surface area contributed by atoms with E-state index < -0.39 is 0 Å². The van der Waals surface area contributed by atoms with E-state index in [1.165, 1.54) is 0 Å². The van der Waals surface area contributed by atoms with Crippen LogP contribution in [0.3, 0.4) is 0 Å². The van der Waals surface area contributed by atoms with Crippen molar-refractivity contribution in [3.63, 3.8) is 0 Å². The molecule has 0 spiro atoms. The van der Waals surface area contributed by atoms with Crippen molar-refractivity contribution in [2.45, 2.75) is 13.0 Å². The first kappa shape index (κ1) is 12.0. The fourth-order valence-electron chi connectivity index (χ4n) is 1.46. The third-order valence-electron chi connectivity index (χ3n) is 2.30. The molecule has 0 aliphatic carbocycles. The maximum Gasteiger partial charge on any atom is 0.0826 e. The molecule has 14 heavy (non-hydrogen) atoms. The minimum Gasteiger partial charge on any atom is -0.374 e. The molecule has 0 radical (unpaired) electrons. The van der Waals surface area contributed by atoms with E-state index >= 15 is 0 Å². The molecule has 1 atom stereocenters. The van der Waals surface area contributed by atoms with Gasteiger partial charge in [0.05, 0.1) is 12.7 Å². The molecule has 1 aliphatic rings. The molecule has 0 aromatic heterocycles. The predicted octanol–water partition coefficient (Wildman–Crippen LogP) is 1.05. The van der Waals surface area contributed by atoms with Gasteiger partial charge >= 0.3 is 0 Å². The van der Waals surface area contributed by atoms with Crippen molar-refractivity contribution in [2.24, 2.45) is 0 Å². The van der Waals surface area contributed by atoms with Crippen molar-refractivity contribution >= 4 is 11.6 Å². The molecule has 1 heterocycles. The minimum absolute atomic E-state index is 0.317. The van der Waals surface area contributed by atoms with E-state index in [-0.39, 0.29) is 0 Å². The molecular weight excluding hydrogens is 200 g/mol. The maximum atomic E-state index is 5.61. The molecular formula is C10H19ClN2O. The first-order valence-corrected chi connectivity index (χ1v) is 5.42. The normalized spacial score (nSPS) is 25.4. The van der Waals surface area contributed by atoms with Gasteiger partial charge in [-0.05, 0) is 19.5 Å². The number of nitrogens with one attached hydrogen (secondary N) is 1. The summed E-state index contributed by atoms with van der Waals surface area (Å²) in [6.07, 6.45) is 0.317. The van der Waals surface area contributed by atoms with Crippen molar-refractivity contribution in [1.82, 2.24) is 10.2 Å². The Bertz CT molecular complexity index is 197. The van der Waals surface area contributed by atoms with Crippen molar-refractivity contribution in [3.05, 3.63) is 11.1 Å². The molecule has 0 aromatic rings. The summed E-state index contributed by atoms with van der Waals surface area (Å²) >= 11 is 5.56. The van der Waals surface area contributed by atoms with Gasteiger partial charge in [-0.15, -0.1) is 0 Å². The molecule has 1 fully saturated rings. The monoisotopic (exact) mass is 218 g/mol. The Hall–Kier alpha value is -0.0900. The fraction of sp³-hybridized carbons (Fsp3) is 0.800. The quantitative estimate of drug-likeness (QED) is 0.764. The Morgan fingerprint density at radius 3 is 3.14 bits per heavy atom. The Morgan fingerprint density at radius 2 is 2.50 bits per heavy atom. The highest BCUT2D eigenvalue weighted by Crippen LogP contribution is 2.01. The Morgan fingerprint density at radius 1 is 1.71 bits per heavy atom.